The molecule has 0 aromatic heterocycles. The van der Waals surface area contributed by atoms with E-state index < -0.39 is 0 Å². The Hall–Kier alpha value is -0.0800. The standard InChI is InChI=1S/C17H36N2/c1-5-12-18-14-16(6-2)19(13-11-15(3)4)17-9-7-8-10-17/h15-18H,5-14H2,1-4H3. The summed E-state index contributed by atoms with van der Waals surface area (Å²) in [5.74, 6) is 0.824. The van der Waals surface area contributed by atoms with Crippen molar-refractivity contribution in [2.24, 2.45) is 5.92 Å². The first-order valence-corrected chi connectivity index (χ1v) is 8.65. The van der Waals surface area contributed by atoms with Crippen LogP contribution in [0.1, 0.15) is 72.6 Å². The van der Waals surface area contributed by atoms with Crippen molar-refractivity contribution < 1.29 is 0 Å². The summed E-state index contributed by atoms with van der Waals surface area (Å²) in [4.78, 5) is 2.84. The van der Waals surface area contributed by atoms with Gasteiger partial charge in [0.1, 0.15) is 0 Å². The summed E-state index contributed by atoms with van der Waals surface area (Å²) < 4.78 is 0. The topological polar surface area (TPSA) is 15.3 Å². The summed E-state index contributed by atoms with van der Waals surface area (Å²) in [7, 11) is 0. The second kappa shape index (κ2) is 9.77. The predicted octanol–water partition coefficient (Wildman–Crippen LogP) is 4.06. The molecule has 1 unspecified atom stereocenters. The lowest BCUT2D eigenvalue weighted by molar-refractivity contribution is 0.122. The smallest absolute Gasteiger partial charge is 0.0220 e. The van der Waals surface area contributed by atoms with E-state index >= 15 is 0 Å². The Morgan fingerprint density at radius 2 is 1.84 bits per heavy atom. The minimum absolute atomic E-state index is 0.744. The Kier molecular flexibility index (Phi) is 8.72. The molecular formula is C17H36N2. The molecular weight excluding hydrogens is 232 g/mol. The van der Waals surface area contributed by atoms with E-state index in [0.29, 0.717) is 0 Å². The maximum Gasteiger partial charge on any atom is 0.0220 e. The number of hydrogen-bond donors (Lipinski definition) is 1. The van der Waals surface area contributed by atoms with Gasteiger partial charge in [0.15, 0.2) is 0 Å². The van der Waals surface area contributed by atoms with E-state index in [1.807, 2.05) is 0 Å². The van der Waals surface area contributed by atoms with Crippen molar-refractivity contribution in [3.63, 3.8) is 0 Å². The van der Waals surface area contributed by atoms with Crippen molar-refractivity contribution >= 4 is 0 Å². The largest absolute Gasteiger partial charge is 0.315 e. The third-order valence-electron chi connectivity index (χ3n) is 4.51. The quantitative estimate of drug-likeness (QED) is 0.601. The van der Waals surface area contributed by atoms with Crippen LogP contribution >= 0.6 is 0 Å². The van der Waals surface area contributed by atoms with Gasteiger partial charge < -0.3 is 5.32 Å². The van der Waals surface area contributed by atoms with Crippen molar-refractivity contribution in [1.82, 2.24) is 10.2 Å². The van der Waals surface area contributed by atoms with Crippen molar-refractivity contribution in [1.29, 1.82) is 0 Å². The number of hydrogen-bond acceptors (Lipinski definition) is 2. The first-order chi connectivity index (χ1) is 9.19. The highest BCUT2D eigenvalue weighted by atomic mass is 15.2. The molecule has 0 saturated heterocycles. The SMILES string of the molecule is CCCNCC(CC)N(CCC(C)C)C1CCCC1. The third kappa shape index (κ3) is 6.27. The van der Waals surface area contributed by atoms with E-state index in [0.717, 1.165) is 18.0 Å². The maximum absolute atomic E-state index is 3.64. The van der Waals surface area contributed by atoms with Gasteiger partial charge in [-0.3, -0.25) is 4.90 Å². The molecule has 2 nitrogen and oxygen atoms in total. The Bertz CT molecular complexity index is 209. The normalized spacial score (nSPS) is 18.6. The fourth-order valence-electron chi connectivity index (χ4n) is 3.25. The molecule has 0 amide bonds. The Balaban J connectivity index is 2.51. The summed E-state index contributed by atoms with van der Waals surface area (Å²) in [5, 5.41) is 3.64. The Labute approximate surface area is 121 Å². The van der Waals surface area contributed by atoms with Gasteiger partial charge in [-0.2, -0.15) is 0 Å². The summed E-state index contributed by atoms with van der Waals surface area (Å²) in [6, 6.07) is 1.61. The number of nitrogens with zero attached hydrogens (tertiary/aromatic N) is 1. The molecule has 1 fully saturated rings. The van der Waals surface area contributed by atoms with Crippen LogP contribution in [-0.4, -0.2) is 36.6 Å². The number of nitrogens with one attached hydrogen (secondary N) is 1. The van der Waals surface area contributed by atoms with Crippen LogP contribution in [0, 0.1) is 5.92 Å². The summed E-state index contributed by atoms with van der Waals surface area (Å²) in [5.41, 5.74) is 0. The molecule has 19 heavy (non-hydrogen) atoms. The molecule has 2 heteroatoms. The van der Waals surface area contributed by atoms with Gasteiger partial charge in [-0.05, 0) is 51.1 Å². The fraction of sp³-hybridized carbons (Fsp3) is 1.00. The van der Waals surface area contributed by atoms with Crippen LogP contribution in [0.15, 0.2) is 0 Å². The lowest BCUT2D eigenvalue weighted by atomic mass is 10.0. The summed E-state index contributed by atoms with van der Waals surface area (Å²) >= 11 is 0. The highest BCUT2D eigenvalue weighted by Gasteiger charge is 2.27. The first-order valence-electron chi connectivity index (χ1n) is 8.65. The lowest BCUT2D eigenvalue weighted by Crippen LogP contribution is -2.47. The summed E-state index contributed by atoms with van der Waals surface area (Å²) in [6.07, 6.45) is 9.63. The van der Waals surface area contributed by atoms with Gasteiger partial charge in [0.05, 0.1) is 0 Å². The molecule has 0 aromatic rings. The van der Waals surface area contributed by atoms with Crippen LogP contribution in [0.2, 0.25) is 0 Å². The molecule has 0 aliphatic heterocycles. The molecule has 1 rings (SSSR count). The molecule has 1 aliphatic carbocycles. The molecule has 114 valence electrons. The van der Waals surface area contributed by atoms with Crippen LogP contribution in [0.25, 0.3) is 0 Å². The molecule has 0 spiro atoms. The minimum Gasteiger partial charge on any atom is -0.315 e. The van der Waals surface area contributed by atoms with E-state index in [4.69, 9.17) is 0 Å². The summed E-state index contributed by atoms with van der Waals surface area (Å²) in [6.45, 7) is 13.0. The number of rotatable bonds is 10. The van der Waals surface area contributed by atoms with E-state index in [1.165, 1.54) is 64.6 Å². The maximum atomic E-state index is 3.64. The van der Waals surface area contributed by atoms with Crippen molar-refractivity contribution in [3.8, 4) is 0 Å². The van der Waals surface area contributed by atoms with E-state index in [9.17, 15) is 0 Å². The van der Waals surface area contributed by atoms with Crippen molar-refractivity contribution in [2.45, 2.75) is 84.7 Å². The van der Waals surface area contributed by atoms with Crippen molar-refractivity contribution in [3.05, 3.63) is 0 Å². The molecule has 0 radical (unpaired) electrons. The van der Waals surface area contributed by atoms with Crippen LogP contribution in [-0.2, 0) is 0 Å². The zero-order valence-corrected chi connectivity index (χ0v) is 13.8. The molecule has 1 atom stereocenters. The van der Waals surface area contributed by atoms with Gasteiger partial charge in [0.2, 0.25) is 0 Å². The van der Waals surface area contributed by atoms with Gasteiger partial charge in [-0.25, -0.2) is 0 Å². The van der Waals surface area contributed by atoms with Gasteiger partial charge in [-0.15, -0.1) is 0 Å². The van der Waals surface area contributed by atoms with Crippen LogP contribution in [0.4, 0.5) is 0 Å². The minimum atomic E-state index is 0.744. The van der Waals surface area contributed by atoms with E-state index in [-0.39, 0.29) is 0 Å². The molecule has 0 aromatic carbocycles. The van der Waals surface area contributed by atoms with Crippen molar-refractivity contribution in [2.75, 3.05) is 19.6 Å². The average molecular weight is 268 g/mol. The second-order valence-electron chi connectivity index (χ2n) is 6.62. The van der Waals surface area contributed by atoms with Crippen LogP contribution in [0.3, 0.4) is 0 Å². The lowest BCUT2D eigenvalue weighted by Gasteiger charge is -2.37. The zero-order chi connectivity index (χ0) is 14.1. The van der Waals surface area contributed by atoms with Crippen LogP contribution < -0.4 is 5.32 Å². The highest BCUT2D eigenvalue weighted by molar-refractivity contribution is 4.83. The molecule has 1 aliphatic rings. The monoisotopic (exact) mass is 268 g/mol. The van der Waals surface area contributed by atoms with E-state index in [1.54, 1.807) is 0 Å². The second-order valence-corrected chi connectivity index (χ2v) is 6.62. The fourth-order valence-corrected chi connectivity index (χ4v) is 3.25. The highest BCUT2D eigenvalue weighted by Crippen LogP contribution is 2.26. The molecule has 1 saturated carbocycles. The van der Waals surface area contributed by atoms with Crippen LogP contribution in [0.5, 0.6) is 0 Å². The third-order valence-corrected chi connectivity index (χ3v) is 4.51. The van der Waals surface area contributed by atoms with Gasteiger partial charge >= 0.3 is 0 Å². The Morgan fingerprint density at radius 1 is 1.16 bits per heavy atom. The predicted molar refractivity (Wildman–Crippen MR) is 85.7 cm³/mol. The van der Waals surface area contributed by atoms with Gasteiger partial charge in [0.25, 0.3) is 0 Å². The van der Waals surface area contributed by atoms with Gasteiger partial charge in [-0.1, -0.05) is 40.5 Å². The molecule has 0 bridgehead atoms. The molecule has 1 N–H and O–H groups in total. The molecule has 0 heterocycles. The average Bonchev–Trinajstić information content (AvgIpc) is 2.90. The van der Waals surface area contributed by atoms with E-state index in [2.05, 4.69) is 37.9 Å². The van der Waals surface area contributed by atoms with Gasteiger partial charge in [0, 0.05) is 18.6 Å². The Morgan fingerprint density at radius 3 is 2.37 bits per heavy atom. The first kappa shape index (κ1) is 17.0. The zero-order valence-electron chi connectivity index (χ0n) is 13.8.